The molecule has 0 bridgehead atoms. The lowest BCUT2D eigenvalue weighted by atomic mass is 10.0. The Kier molecular flexibility index (Phi) is 42.5. The predicted octanol–water partition coefficient (Wildman–Crippen LogP) is 14.9. The van der Waals surface area contributed by atoms with Crippen molar-refractivity contribution >= 4 is 13.7 Å². The number of likely N-dealkylation sites (N-methyl/N-ethyl adjacent to an activating group) is 1. The highest BCUT2D eigenvalue weighted by Crippen LogP contribution is 2.43. The minimum absolute atomic E-state index is 0.0730. The zero-order chi connectivity index (χ0) is 44.3. The molecule has 0 aliphatic carbocycles. The van der Waals surface area contributed by atoms with E-state index in [1.54, 1.807) is 0 Å². The normalized spacial score (nSPS) is 14.3. The highest BCUT2D eigenvalue weighted by Gasteiger charge is 2.28. The van der Waals surface area contributed by atoms with Crippen molar-refractivity contribution in [2.75, 3.05) is 40.9 Å². The molecule has 9 heteroatoms. The number of hydrogen-bond donors (Lipinski definition) is 3. The van der Waals surface area contributed by atoms with Gasteiger partial charge in [-0.2, -0.15) is 0 Å². The summed E-state index contributed by atoms with van der Waals surface area (Å²) in [4.78, 5) is 23.2. The molecular formula is C51H102N2O6P+. The van der Waals surface area contributed by atoms with E-state index >= 15 is 0 Å². The Hall–Kier alpha value is -1.02. The Labute approximate surface area is 373 Å². The fourth-order valence-corrected chi connectivity index (χ4v) is 8.36. The van der Waals surface area contributed by atoms with Crippen LogP contribution in [0.15, 0.2) is 24.3 Å². The van der Waals surface area contributed by atoms with Crippen molar-refractivity contribution < 1.29 is 32.9 Å². The summed E-state index contributed by atoms with van der Waals surface area (Å²) in [7, 11) is 1.61. The van der Waals surface area contributed by atoms with Crippen molar-refractivity contribution in [3.63, 3.8) is 0 Å². The van der Waals surface area contributed by atoms with Crippen molar-refractivity contribution in [1.29, 1.82) is 0 Å². The zero-order valence-electron chi connectivity index (χ0n) is 40.5. The van der Waals surface area contributed by atoms with Crippen LogP contribution in [-0.2, 0) is 18.4 Å². The molecule has 60 heavy (non-hydrogen) atoms. The number of carbonyl (C=O) groups excluding carboxylic acids is 1. The highest BCUT2D eigenvalue weighted by molar-refractivity contribution is 7.47. The quantitative estimate of drug-likeness (QED) is 0.0243. The molecule has 3 N–H and O–H groups in total. The van der Waals surface area contributed by atoms with Gasteiger partial charge in [0.05, 0.1) is 39.9 Å². The number of phosphoric ester groups is 1. The molecule has 0 spiro atoms. The molecule has 0 aliphatic rings. The molecule has 0 saturated carbocycles. The van der Waals surface area contributed by atoms with Crippen LogP contribution < -0.4 is 5.32 Å². The number of nitrogens with one attached hydrogen (secondary N) is 1. The zero-order valence-corrected chi connectivity index (χ0v) is 41.4. The monoisotopic (exact) mass is 870 g/mol. The number of carbonyl (C=O) groups is 1. The third-order valence-electron chi connectivity index (χ3n) is 11.7. The van der Waals surface area contributed by atoms with Gasteiger partial charge in [-0.25, -0.2) is 4.57 Å². The van der Waals surface area contributed by atoms with E-state index in [-0.39, 0.29) is 19.1 Å². The van der Waals surface area contributed by atoms with Crippen LogP contribution in [0.4, 0.5) is 0 Å². The molecular weight excluding hydrogens is 768 g/mol. The SMILES string of the molecule is CCCCC/C=C\C=C/CCCCCCCCC(=O)NC(COP(=O)(O)OCC[N+](C)(C)C)C(O)CCCCCCCCCCCCCCCCCCCCCCCCC. The Bertz CT molecular complexity index is 1030. The maximum atomic E-state index is 12.9. The molecule has 3 atom stereocenters. The minimum atomic E-state index is -4.32. The van der Waals surface area contributed by atoms with Crippen molar-refractivity contribution in [3.05, 3.63) is 24.3 Å². The minimum Gasteiger partial charge on any atom is -0.391 e. The number of rotatable bonds is 47. The molecule has 0 heterocycles. The van der Waals surface area contributed by atoms with E-state index in [9.17, 15) is 19.4 Å². The lowest BCUT2D eigenvalue weighted by molar-refractivity contribution is -0.870. The second-order valence-corrected chi connectivity index (χ2v) is 20.4. The van der Waals surface area contributed by atoms with E-state index in [0.29, 0.717) is 23.9 Å². The molecule has 8 nitrogen and oxygen atoms in total. The van der Waals surface area contributed by atoms with Crippen LogP contribution in [0.25, 0.3) is 0 Å². The maximum absolute atomic E-state index is 12.9. The van der Waals surface area contributed by atoms with E-state index in [2.05, 4.69) is 43.5 Å². The summed E-state index contributed by atoms with van der Waals surface area (Å²) in [5.74, 6) is -0.154. The van der Waals surface area contributed by atoms with Crippen LogP contribution in [0.1, 0.15) is 245 Å². The second kappa shape index (κ2) is 43.2. The Balaban J connectivity index is 4.22. The van der Waals surface area contributed by atoms with E-state index in [0.717, 1.165) is 51.4 Å². The van der Waals surface area contributed by atoms with Crippen LogP contribution in [-0.4, -0.2) is 73.4 Å². The standard InChI is InChI=1S/C51H101N2O6P/c1-6-8-10-12-14-16-18-20-22-23-24-25-26-27-28-29-31-32-34-36-38-40-42-44-50(54)49(48-59-60(56,57)58-47-46-53(3,4)5)52-51(55)45-43-41-39-37-35-33-30-21-19-17-15-13-11-9-7-2/h15,17,19,21,49-50,54H,6-14,16,18,20,22-48H2,1-5H3,(H-,52,55,56,57)/p+1/b17-15-,21-19-. The molecule has 0 rings (SSSR count). The topological polar surface area (TPSA) is 105 Å². The molecule has 0 aliphatic heterocycles. The molecule has 356 valence electrons. The van der Waals surface area contributed by atoms with Gasteiger partial charge in [-0.1, -0.05) is 224 Å². The Morgan fingerprint density at radius 3 is 1.37 bits per heavy atom. The van der Waals surface area contributed by atoms with Crippen molar-refractivity contribution in [2.24, 2.45) is 0 Å². The van der Waals surface area contributed by atoms with Gasteiger partial charge in [0, 0.05) is 6.42 Å². The van der Waals surface area contributed by atoms with Gasteiger partial charge in [0.1, 0.15) is 13.2 Å². The summed E-state index contributed by atoms with van der Waals surface area (Å²) >= 11 is 0. The van der Waals surface area contributed by atoms with E-state index in [1.165, 1.54) is 167 Å². The van der Waals surface area contributed by atoms with Crippen LogP contribution in [0.5, 0.6) is 0 Å². The number of allylic oxidation sites excluding steroid dienone is 4. The number of amides is 1. The van der Waals surface area contributed by atoms with Crippen molar-refractivity contribution in [2.45, 2.75) is 257 Å². The molecule has 0 aromatic rings. The lowest BCUT2D eigenvalue weighted by Crippen LogP contribution is -2.46. The third-order valence-corrected chi connectivity index (χ3v) is 12.7. The maximum Gasteiger partial charge on any atom is 0.472 e. The van der Waals surface area contributed by atoms with E-state index in [4.69, 9.17) is 9.05 Å². The molecule has 0 aromatic carbocycles. The van der Waals surface area contributed by atoms with Gasteiger partial charge in [-0.3, -0.25) is 13.8 Å². The first-order chi connectivity index (χ1) is 29.0. The van der Waals surface area contributed by atoms with Crippen molar-refractivity contribution in [1.82, 2.24) is 5.32 Å². The second-order valence-electron chi connectivity index (χ2n) is 18.9. The van der Waals surface area contributed by atoms with Gasteiger partial charge in [-0.05, 0) is 38.5 Å². The summed E-state index contributed by atoms with van der Waals surface area (Å²) in [5.41, 5.74) is 0. The van der Waals surface area contributed by atoms with Gasteiger partial charge >= 0.3 is 7.82 Å². The smallest absolute Gasteiger partial charge is 0.391 e. The number of hydrogen-bond acceptors (Lipinski definition) is 5. The Morgan fingerprint density at radius 1 is 0.567 bits per heavy atom. The molecule has 0 fully saturated rings. The van der Waals surface area contributed by atoms with Crippen LogP contribution >= 0.6 is 7.82 Å². The average molecular weight is 870 g/mol. The van der Waals surface area contributed by atoms with Gasteiger partial charge in [0.25, 0.3) is 0 Å². The average Bonchev–Trinajstić information content (AvgIpc) is 3.20. The van der Waals surface area contributed by atoms with Gasteiger partial charge in [0.2, 0.25) is 5.91 Å². The molecule has 0 aromatic heterocycles. The number of nitrogens with zero attached hydrogens (tertiary/aromatic N) is 1. The fraction of sp³-hybridized carbons (Fsp3) is 0.902. The number of aliphatic hydroxyl groups is 1. The van der Waals surface area contributed by atoms with Gasteiger partial charge in [-0.15, -0.1) is 0 Å². The number of aliphatic hydroxyl groups excluding tert-OH is 1. The van der Waals surface area contributed by atoms with Gasteiger partial charge < -0.3 is 19.8 Å². The molecule has 1 amide bonds. The van der Waals surface area contributed by atoms with E-state index < -0.39 is 20.0 Å². The first-order valence-corrected chi connectivity index (χ1v) is 27.2. The summed E-state index contributed by atoms with van der Waals surface area (Å²) in [5, 5.41) is 14.0. The Morgan fingerprint density at radius 2 is 0.933 bits per heavy atom. The summed E-state index contributed by atoms with van der Waals surface area (Å²) in [6.45, 7) is 4.87. The summed E-state index contributed by atoms with van der Waals surface area (Å²) < 4.78 is 23.7. The molecule has 0 radical (unpaired) electrons. The molecule has 0 saturated heterocycles. The summed E-state index contributed by atoms with van der Waals surface area (Å²) in [6, 6.07) is -0.765. The van der Waals surface area contributed by atoms with Crippen LogP contribution in [0.3, 0.4) is 0 Å². The molecule has 3 unspecified atom stereocenters. The van der Waals surface area contributed by atoms with E-state index in [1.807, 2.05) is 21.1 Å². The lowest BCUT2D eigenvalue weighted by Gasteiger charge is -2.26. The van der Waals surface area contributed by atoms with Gasteiger partial charge in [0.15, 0.2) is 0 Å². The third kappa shape index (κ3) is 45.0. The largest absolute Gasteiger partial charge is 0.472 e. The van der Waals surface area contributed by atoms with Crippen LogP contribution in [0, 0.1) is 0 Å². The highest BCUT2D eigenvalue weighted by atomic mass is 31.2. The predicted molar refractivity (Wildman–Crippen MR) is 258 cm³/mol. The van der Waals surface area contributed by atoms with Crippen LogP contribution in [0.2, 0.25) is 0 Å². The fourth-order valence-electron chi connectivity index (χ4n) is 7.63. The number of quaternary nitrogens is 1. The van der Waals surface area contributed by atoms with Crippen molar-refractivity contribution in [3.8, 4) is 0 Å². The number of unbranched alkanes of at least 4 members (excludes halogenated alkanes) is 31. The first kappa shape index (κ1) is 59.0. The number of phosphoric acid groups is 1. The first-order valence-electron chi connectivity index (χ1n) is 25.7. The summed E-state index contributed by atoms with van der Waals surface area (Å²) in [6.07, 6.45) is 52.1.